The molecule has 4 aliphatic heterocycles. The highest BCUT2D eigenvalue weighted by molar-refractivity contribution is 5.17. The molecule has 8 fully saturated rings. The maximum atomic E-state index is 11.3. The molecule has 9 N–H and O–H groups in total. The van der Waals surface area contributed by atoms with Crippen molar-refractivity contribution < 1.29 is 74.4 Å². The summed E-state index contributed by atoms with van der Waals surface area (Å²) in [4.78, 5) is 0. The summed E-state index contributed by atoms with van der Waals surface area (Å²) in [7, 11) is 0. The zero-order valence-corrected chi connectivity index (χ0v) is 31.9. The summed E-state index contributed by atoms with van der Waals surface area (Å²) in [6.45, 7) is 8.39. The zero-order chi connectivity index (χ0) is 38.6. The monoisotopic (exact) mass is 772 g/mol. The molecule has 0 aromatic rings. The van der Waals surface area contributed by atoms with Gasteiger partial charge in [-0.05, 0) is 97.7 Å². The molecular formula is C39H64O15. The van der Waals surface area contributed by atoms with E-state index in [1.54, 1.807) is 0 Å². The molecule has 4 saturated carbocycles. The highest BCUT2D eigenvalue weighted by Gasteiger charge is 2.71. The van der Waals surface area contributed by atoms with Crippen LogP contribution in [0.2, 0.25) is 0 Å². The van der Waals surface area contributed by atoms with Crippen LogP contribution < -0.4 is 0 Å². The molecule has 8 aliphatic rings. The molecule has 54 heavy (non-hydrogen) atoms. The van der Waals surface area contributed by atoms with E-state index in [1.807, 2.05) is 0 Å². The van der Waals surface area contributed by atoms with Crippen molar-refractivity contribution in [3.63, 3.8) is 0 Å². The second kappa shape index (κ2) is 14.6. The molecule has 4 aliphatic carbocycles. The van der Waals surface area contributed by atoms with E-state index >= 15 is 0 Å². The van der Waals surface area contributed by atoms with Gasteiger partial charge < -0.3 is 74.4 Å². The van der Waals surface area contributed by atoms with Gasteiger partial charge in [0.2, 0.25) is 0 Å². The van der Waals surface area contributed by atoms with E-state index in [4.69, 9.17) is 28.4 Å². The van der Waals surface area contributed by atoms with Crippen molar-refractivity contribution in [2.24, 2.45) is 52.3 Å². The molecule has 4 saturated heterocycles. The lowest BCUT2D eigenvalue weighted by Crippen LogP contribution is -2.63. The van der Waals surface area contributed by atoms with Crippen molar-refractivity contribution in [1.29, 1.82) is 0 Å². The van der Waals surface area contributed by atoms with Crippen LogP contribution in [0.15, 0.2) is 0 Å². The summed E-state index contributed by atoms with van der Waals surface area (Å²) in [5.74, 6) is 0.156. The summed E-state index contributed by atoms with van der Waals surface area (Å²) in [5, 5.41) is 94.9. The lowest BCUT2D eigenvalue weighted by atomic mass is 9.43. The normalized spacial score (nSPS) is 60.1. The Morgan fingerprint density at radius 2 is 1.26 bits per heavy atom. The van der Waals surface area contributed by atoms with E-state index in [-0.39, 0.29) is 52.4 Å². The number of aliphatic hydroxyl groups excluding tert-OH is 9. The smallest absolute Gasteiger partial charge is 0.197 e. The lowest BCUT2D eigenvalue weighted by molar-refractivity contribution is -0.335. The third-order valence-corrected chi connectivity index (χ3v) is 16.2. The second-order valence-electron chi connectivity index (χ2n) is 19.0. The first-order valence-corrected chi connectivity index (χ1v) is 20.5. The summed E-state index contributed by atoms with van der Waals surface area (Å²) in [6, 6.07) is 0. The van der Waals surface area contributed by atoms with Gasteiger partial charge in [0.05, 0.1) is 38.1 Å². The number of rotatable bonds is 6. The molecule has 9 unspecified atom stereocenters. The van der Waals surface area contributed by atoms with Crippen LogP contribution >= 0.6 is 0 Å². The Labute approximate surface area is 316 Å². The Balaban J connectivity index is 1.07. The first-order valence-electron chi connectivity index (χ1n) is 20.5. The van der Waals surface area contributed by atoms with Crippen LogP contribution in [0.4, 0.5) is 0 Å². The number of hydrogen-bond acceptors (Lipinski definition) is 15. The van der Waals surface area contributed by atoms with Crippen LogP contribution in [0.25, 0.3) is 0 Å². The number of ether oxygens (including phenoxy) is 6. The molecule has 24 atom stereocenters. The average Bonchev–Trinajstić information content (AvgIpc) is 3.60. The molecule has 8 rings (SSSR count). The molecule has 0 aromatic carbocycles. The van der Waals surface area contributed by atoms with Gasteiger partial charge in [-0.15, -0.1) is 0 Å². The maximum Gasteiger partial charge on any atom is 0.197 e. The summed E-state index contributed by atoms with van der Waals surface area (Å²) < 4.78 is 37.9. The number of fused-ring (bicyclic) bond motifs is 7. The Bertz CT molecular complexity index is 1340. The summed E-state index contributed by atoms with van der Waals surface area (Å²) >= 11 is 0. The Morgan fingerprint density at radius 3 is 1.87 bits per heavy atom. The Hall–Kier alpha value is -0.600. The predicted octanol–water partition coefficient (Wildman–Crippen LogP) is -0.616. The van der Waals surface area contributed by atoms with E-state index in [9.17, 15) is 46.0 Å². The SMILES string of the molecule is CC1CO[C@@]2(OC3CC4C5C[C@H](O[C@@H]6O[C@H](CO)[C@@H](O)[C@H](O)[C@H]6O)[C@H]6C[C@@H](OC7O[C@H](CO)[C@@H](O)[C@H](O)[C@H]7O)CC[C@]6(C)C5CC[C@]4(C)C3C2C)C(O)C1. The molecule has 1 spiro atoms. The van der Waals surface area contributed by atoms with Crippen molar-refractivity contribution in [3.05, 3.63) is 0 Å². The number of aliphatic hydroxyl groups is 9. The van der Waals surface area contributed by atoms with Crippen LogP contribution in [0.3, 0.4) is 0 Å². The van der Waals surface area contributed by atoms with Gasteiger partial charge in [0.1, 0.15) is 54.9 Å². The van der Waals surface area contributed by atoms with E-state index < -0.39 is 98.7 Å². The summed E-state index contributed by atoms with van der Waals surface area (Å²) in [6.07, 6.45) is -9.78. The van der Waals surface area contributed by atoms with E-state index in [2.05, 4.69) is 27.7 Å². The first kappa shape index (κ1) is 40.2. The van der Waals surface area contributed by atoms with Crippen molar-refractivity contribution >= 4 is 0 Å². The average molecular weight is 773 g/mol. The lowest BCUT2D eigenvalue weighted by Gasteiger charge is -2.63. The van der Waals surface area contributed by atoms with Gasteiger partial charge in [0.25, 0.3) is 0 Å². The van der Waals surface area contributed by atoms with Gasteiger partial charge in [0, 0.05) is 5.92 Å². The van der Waals surface area contributed by atoms with Crippen LogP contribution in [-0.2, 0) is 28.4 Å². The first-order chi connectivity index (χ1) is 25.6. The summed E-state index contributed by atoms with van der Waals surface area (Å²) in [5.41, 5.74) is -0.330. The third-order valence-electron chi connectivity index (χ3n) is 16.2. The van der Waals surface area contributed by atoms with Crippen LogP contribution in [0.1, 0.15) is 79.1 Å². The third kappa shape index (κ3) is 6.09. The predicted molar refractivity (Wildman–Crippen MR) is 186 cm³/mol. The van der Waals surface area contributed by atoms with E-state index in [0.29, 0.717) is 38.2 Å². The molecule has 15 nitrogen and oxygen atoms in total. The highest BCUT2D eigenvalue weighted by Crippen LogP contribution is 2.71. The second-order valence-corrected chi connectivity index (χ2v) is 19.0. The van der Waals surface area contributed by atoms with Gasteiger partial charge >= 0.3 is 0 Å². The molecular weight excluding hydrogens is 708 g/mol. The van der Waals surface area contributed by atoms with E-state index in [0.717, 1.165) is 25.7 Å². The van der Waals surface area contributed by atoms with Gasteiger partial charge in [0.15, 0.2) is 18.4 Å². The molecule has 0 bridgehead atoms. The maximum absolute atomic E-state index is 11.3. The quantitative estimate of drug-likeness (QED) is 0.153. The van der Waals surface area contributed by atoms with Crippen molar-refractivity contribution in [3.8, 4) is 0 Å². The standard InChI is InChI=1S/C39H64O15/c1-16-9-27(42)39(49-15-16)17(2)28-24(54-39)12-21-19-11-23(51-36-34(48)32(46)30(44)26(14-41)53-36)22-10-18(5-7-37(22,3)20(19)6-8-38(21,28)4)50-35-33(47)31(45)29(43)25(13-40)52-35/h16-36,40-48H,5-15H2,1-4H3/t16?,17?,18-,19?,20?,21?,22+,23-,24?,25+,26+,27?,28?,29+,30+,31-,32-,33+,34+,35?,36+,37+,38-,39-/m0/s1. The zero-order valence-electron chi connectivity index (χ0n) is 31.9. The fourth-order valence-electron chi connectivity index (χ4n) is 13.4. The molecule has 310 valence electrons. The van der Waals surface area contributed by atoms with Gasteiger partial charge in [-0.2, -0.15) is 0 Å². The fraction of sp³-hybridized carbons (Fsp3) is 1.00. The molecule has 0 radical (unpaired) electrons. The Morgan fingerprint density at radius 1 is 0.648 bits per heavy atom. The van der Waals surface area contributed by atoms with Crippen molar-refractivity contribution in [1.82, 2.24) is 0 Å². The minimum atomic E-state index is -1.59. The van der Waals surface area contributed by atoms with Gasteiger partial charge in [-0.25, -0.2) is 0 Å². The molecule has 0 amide bonds. The highest BCUT2D eigenvalue weighted by atomic mass is 16.7. The molecule has 15 heteroatoms. The van der Waals surface area contributed by atoms with Gasteiger partial charge in [-0.3, -0.25) is 0 Å². The minimum absolute atomic E-state index is 0.000329. The Kier molecular flexibility index (Phi) is 10.9. The minimum Gasteiger partial charge on any atom is -0.394 e. The largest absolute Gasteiger partial charge is 0.394 e. The van der Waals surface area contributed by atoms with Crippen LogP contribution in [-0.4, -0.2) is 157 Å². The van der Waals surface area contributed by atoms with Gasteiger partial charge in [-0.1, -0.05) is 27.7 Å². The van der Waals surface area contributed by atoms with Crippen LogP contribution in [0, 0.1) is 52.3 Å². The van der Waals surface area contributed by atoms with Crippen molar-refractivity contribution in [2.75, 3.05) is 19.8 Å². The van der Waals surface area contributed by atoms with E-state index in [1.165, 1.54) is 0 Å². The molecule has 4 heterocycles. The topological polar surface area (TPSA) is 237 Å². The fourth-order valence-corrected chi connectivity index (χ4v) is 13.4. The molecule has 0 aromatic heterocycles. The number of hydrogen-bond donors (Lipinski definition) is 9. The van der Waals surface area contributed by atoms with Crippen LogP contribution in [0.5, 0.6) is 0 Å². The van der Waals surface area contributed by atoms with Crippen molar-refractivity contribution in [2.45, 2.75) is 171 Å².